The summed E-state index contributed by atoms with van der Waals surface area (Å²) >= 11 is 0. The number of hydrogen-bond donors (Lipinski definition) is 2. The molecule has 2 aromatic rings. The smallest absolute Gasteiger partial charge is 0.311 e. The fraction of sp³-hybridized carbons (Fsp3) is 0.421. The Labute approximate surface area is 161 Å². The normalized spacial score (nSPS) is 16.6. The molecule has 0 aliphatic carbocycles. The molecule has 28 heavy (non-hydrogen) atoms. The SMILES string of the molecule is CCOC(=O)[C@@H]1CCCN(C(=O)C(=O)NCc2n[nH]c(=O)c3ccccc23)C1. The van der Waals surface area contributed by atoms with Crippen LogP contribution < -0.4 is 10.9 Å². The maximum Gasteiger partial charge on any atom is 0.311 e. The number of aromatic amines is 1. The Morgan fingerprint density at radius 3 is 2.79 bits per heavy atom. The van der Waals surface area contributed by atoms with Crippen molar-refractivity contribution in [3.8, 4) is 0 Å². The molecule has 2 heterocycles. The molecular formula is C19H22N4O5. The van der Waals surface area contributed by atoms with Crippen LogP contribution in [0.2, 0.25) is 0 Å². The molecule has 0 saturated carbocycles. The van der Waals surface area contributed by atoms with Gasteiger partial charge < -0.3 is 15.0 Å². The summed E-state index contributed by atoms with van der Waals surface area (Å²) in [5.74, 6) is -2.22. The topological polar surface area (TPSA) is 121 Å². The molecule has 0 radical (unpaired) electrons. The summed E-state index contributed by atoms with van der Waals surface area (Å²) in [7, 11) is 0. The van der Waals surface area contributed by atoms with Crippen LogP contribution in [0.25, 0.3) is 10.8 Å². The second-order valence-electron chi connectivity index (χ2n) is 6.57. The summed E-state index contributed by atoms with van der Waals surface area (Å²) in [5.41, 5.74) is 0.138. The predicted octanol–water partition coefficient (Wildman–Crippen LogP) is 0.341. The lowest BCUT2D eigenvalue weighted by Crippen LogP contribution is -2.48. The van der Waals surface area contributed by atoms with Crippen molar-refractivity contribution in [2.24, 2.45) is 5.92 Å². The van der Waals surface area contributed by atoms with E-state index in [1.54, 1.807) is 31.2 Å². The Morgan fingerprint density at radius 2 is 2.04 bits per heavy atom. The van der Waals surface area contributed by atoms with Crippen molar-refractivity contribution in [3.63, 3.8) is 0 Å². The maximum absolute atomic E-state index is 12.4. The van der Waals surface area contributed by atoms with Gasteiger partial charge in [0, 0.05) is 18.5 Å². The number of ether oxygens (including phenoxy) is 1. The predicted molar refractivity (Wildman–Crippen MR) is 100 cm³/mol. The van der Waals surface area contributed by atoms with Crippen LogP contribution in [-0.2, 0) is 25.7 Å². The van der Waals surface area contributed by atoms with Crippen molar-refractivity contribution in [1.82, 2.24) is 20.4 Å². The molecule has 1 aliphatic heterocycles. The second kappa shape index (κ2) is 8.64. The number of H-pyrrole nitrogens is 1. The number of rotatable bonds is 4. The number of esters is 1. The van der Waals surface area contributed by atoms with Gasteiger partial charge in [0.25, 0.3) is 5.56 Å². The average Bonchev–Trinajstić information content (AvgIpc) is 2.73. The van der Waals surface area contributed by atoms with E-state index in [1.165, 1.54) is 4.90 Å². The Kier molecular flexibility index (Phi) is 6.03. The van der Waals surface area contributed by atoms with E-state index in [9.17, 15) is 19.2 Å². The number of amides is 2. The summed E-state index contributed by atoms with van der Waals surface area (Å²) in [6.45, 7) is 2.60. The number of piperidine rings is 1. The van der Waals surface area contributed by atoms with E-state index in [-0.39, 0.29) is 31.2 Å². The maximum atomic E-state index is 12.4. The van der Waals surface area contributed by atoms with Gasteiger partial charge >= 0.3 is 17.8 Å². The van der Waals surface area contributed by atoms with Crippen molar-refractivity contribution in [2.45, 2.75) is 26.3 Å². The highest BCUT2D eigenvalue weighted by molar-refractivity contribution is 6.35. The molecule has 0 unspecified atom stereocenters. The van der Waals surface area contributed by atoms with Crippen molar-refractivity contribution < 1.29 is 19.1 Å². The summed E-state index contributed by atoms with van der Waals surface area (Å²) in [6.07, 6.45) is 1.27. The summed E-state index contributed by atoms with van der Waals surface area (Å²) in [4.78, 5) is 49.8. The van der Waals surface area contributed by atoms with E-state index in [0.29, 0.717) is 35.9 Å². The van der Waals surface area contributed by atoms with Crippen LogP contribution in [-0.4, -0.2) is 52.6 Å². The minimum atomic E-state index is -0.776. The molecule has 0 spiro atoms. The van der Waals surface area contributed by atoms with Crippen LogP contribution >= 0.6 is 0 Å². The fourth-order valence-corrected chi connectivity index (χ4v) is 3.30. The first-order chi connectivity index (χ1) is 13.5. The third-order valence-electron chi connectivity index (χ3n) is 4.71. The molecule has 1 fully saturated rings. The van der Waals surface area contributed by atoms with E-state index in [2.05, 4.69) is 15.5 Å². The first kappa shape index (κ1) is 19.5. The molecule has 2 N–H and O–H groups in total. The zero-order valence-corrected chi connectivity index (χ0v) is 15.6. The van der Waals surface area contributed by atoms with Gasteiger partial charge in [-0.2, -0.15) is 5.10 Å². The molecule has 1 aromatic carbocycles. The van der Waals surface area contributed by atoms with E-state index in [4.69, 9.17) is 4.74 Å². The van der Waals surface area contributed by atoms with Crippen molar-refractivity contribution in [1.29, 1.82) is 0 Å². The molecule has 1 atom stereocenters. The van der Waals surface area contributed by atoms with Gasteiger partial charge in [0.1, 0.15) is 0 Å². The lowest BCUT2D eigenvalue weighted by atomic mass is 9.98. The first-order valence-electron chi connectivity index (χ1n) is 9.21. The Bertz CT molecular complexity index is 955. The summed E-state index contributed by atoms with van der Waals surface area (Å²) in [6, 6.07) is 6.90. The van der Waals surface area contributed by atoms with Gasteiger partial charge in [-0.1, -0.05) is 18.2 Å². The Morgan fingerprint density at radius 1 is 1.29 bits per heavy atom. The van der Waals surface area contributed by atoms with Crippen LogP contribution in [0.4, 0.5) is 0 Å². The quantitative estimate of drug-likeness (QED) is 0.577. The van der Waals surface area contributed by atoms with Gasteiger partial charge in [0.05, 0.1) is 30.1 Å². The van der Waals surface area contributed by atoms with E-state index >= 15 is 0 Å². The summed E-state index contributed by atoms with van der Waals surface area (Å²) < 4.78 is 5.01. The number of likely N-dealkylation sites (tertiary alicyclic amines) is 1. The van der Waals surface area contributed by atoms with Crippen LogP contribution in [0.3, 0.4) is 0 Å². The Hall–Kier alpha value is -3.23. The second-order valence-corrected chi connectivity index (χ2v) is 6.57. The van der Waals surface area contributed by atoms with Crippen LogP contribution in [0, 0.1) is 5.92 Å². The minimum absolute atomic E-state index is 0.00296. The molecular weight excluding hydrogens is 364 g/mol. The molecule has 148 valence electrons. The number of carbonyl (C=O) groups excluding carboxylic acids is 3. The van der Waals surface area contributed by atoms with Crippen molar-refractivity contribution in [2.75, 3.05) is 19.7 Å². The molecule has 1 aromatic heterocycles. The molecule has 9 heteroatoms. The first-order valence-corrected chi connectivity index (χ1v) is 9.21. The summed E-state index contributed by atoms with van der Waals surface area (Å²) in [5, 5.41) is 9.97. The molecule has 9 nitrogen and oxygen atoms in total. The third-order valence-corrected chi connectivity index (χ3v) is 4.71. The van der Waals surface area contributed by atoms with Crippen molar-refractivity contribution >= 4 is 28.6 Å². The van der Waals surface area contributed by atoms with Gasteiger partial charge in [0.2, 0.25) is 0 Å². The molecule has 1 aliphatic rings. The highest BCUT2D eigenvalue weighted by Gasteiger charge is 2.31. The highest BCUT2D eigenvalue weighted by Crippen LogP contribution is 2.18. The Balaban J connectivity index is 1.64. The zero-order chi connectivity index (χ0) is 20.1. The molecule has 3 rings (SSSR count). The average molecular weight is 386 g/mol. The monoisotopic (exact) mass is 386 g/mol. The number of benzene rings is 1. The molecule has 0 bridgehead atoms. The van der Waals surface area contributed by atoms with E-state index in [1.807, 2.05) is 0 Å². The number of carbonyl (C=O) groups is 3. The molecule has 1 saturated heterocycles. The number of nitrogens with one attached hydrogen (secondary N) is 2. The third kappa shape index (κ3) is 4.19. The zero-order valence-electron chi connectivity index (χ0n) is 15.6. The van der Waals surface area contributed by atoms with Crippen LogP contribution in [0.5, 0.6) is 0 Å². The van der Waals surface area contributed by atoms with Gasteiger partial charge in [-0.15, -0.1) is 0 Å². The lowest BCUT2D eigenvalue weighted by molar-refractivity contribution is -0.154. The fourth-order valence-electron chi connectivity index (χ4n) is 3.30. The number of fused-ring (bicyclic) bond motifs is 1. The van der Waals surface area contributed by atoms with Crippen LogP contribution in [0.15, 0.2) is 29.1 Å². The number of aromatic nitrogens is 2. The van der Waals surface area contributed by atoms with Gasteiger partial charge in [-0.3, -0.25) is 19.2 Å². The lowest BCUT2D eigenvalue weighted by Gasteiger charge is -2.30. The standard InChI is InChI=1S/C19H22N4O5/c1-2-28-19(27)12-6-5-9-23(11-12)18(26)17(25)20-10-15-13-7-3-4-8-14(13)16(24)22-21-15/h3-4,7-8,12H,2,5-6,9-11H2,1H3,(H,20,25)(H,22,24)/t12-/m1/s1. The largest absolute Gasteiger partial charge is 0.466 e. The van der Waals surface area contributed by atoms with Gasteiger partial charge in [-0.05, 0) is 25.8 Å². The molecule has 2 amide bonds. The number of nitrogens with zero attached hydrogens (tertiary/aromatic N) is 2. The van der Waals surface area contributed by atoms with E-state index < -0.39 is 17.7 Å². The highest BCUT2D eigenvalue weighted by atomic mass is 16.5. The van der Waals surface area contributed by atoms with Gasteiger partial charge in [-0.25, -0.2) is 5.10 Å². The number of hydrogen-bond acceptors (Lipinski definition) is 6. The van der Waals surface area contributed by atoms with E-state index in [0.717, 1.165) is 0 Å². The van der Waals surface area contributed by atoms with Crippen LogP contribution in [0.1, 0.15) is 25.5 Å². The van der Waals surface area contributed by atoms with Crippen molar-refractivity contribution in [3.05, 3.63) is 40.3 Å². The minimum Gasteiger partial charge on any atom is -0.466 e. The van der Waals surface area contributed by atoms with Gasteiger partial charge in [0.15, 0.2) is 0 Å².